The number of hydrogen-bond acceptors (Lipinski definition) is 2. The van der Waals surface area contributed by atoms with Crippen molar-refractivity contribution < 1.29 is 4.74 Å². The Morgan fingerprint density at radius 1 is 1.14 bits per heavy atom. The van der Waals surface area contributed by atoms with Crippen LogP contribution in [0.5, 0.6) is 0 Å². The van der Waals surface area contributed by atoms with Crippen LogP contribution in [0.3, 0.4) is 0 Å². The van der Waals surface area contributed by atoms with E-state index in [1.165, 1.54) is 0 Å². The second-order valence-corrected chi connectivity index (χ2v) is 5.55. The summed E-state index contributed by atoms with van der Waals surface area (Å²) in [5.41, 5.74) is 0.535. The van der Waals surface area contributed by atoms with Crippen LogP contribution in [0, 0.1) is 10.8 Å². The van der Waals surface area contributed by atoms with Crippen molar-refractivity contribution in [2.75, 3.05) is 34.4 Å². The van der Waals surface area contributed by atoms with E-state index in [1.807, 2.05) is 0 Å². The maximum Gasteiger partial charge on any atom is 0.0535 e. The van der Waals surface area contributed by atoms with Crippen LogP contribution in [-0.2, 0) is 4.74 Å². The molecule has 0 fully saturated rings. The van der Waals surface area contributed by atoms with Crippen molar-refractivity contribution >= 4 is 0 Å². The van der Waals surface area contributed by atoms with Crippen molar-refractivity contribution in [3.63, 3.8) is 0 Å². The highest BCUT2D eigenvalue weighted by atomic mass is 16.5. The first-order valence-corrected chi connectivity index (χ1v) is 5.43. The number of hydrogen-bond donors (Lipinski definition) is 0. The summed E-state index contributed by atoms with van der Waals surface area (Å²) in [5.74, 6) is 0. The summed E-state index contributed by atoms with van der Waals surface area (Å²) in [6.07, 6.45) is 1.16. The summed E-state index contributed by atoms with van der Waals surface area (Å²) in [6, 6.07) is 0. The van der Waals surface area contributed by atoms with Gasteiger partial charge in [0.05, 0.1) is 6.61 Å². The monoisotopic (exact) mass is 201 g/mol. The second-order valence-electron chi connectivity index (χ2n) is 5.55. The van der Waals surface area contributed by atoms with Crippen LogP contribution >= 0.6 is 0 Å². The number of rotatable bonds is 5. The Balaban J connectivity index is 4.78. The first-order valence-electron chi connectivity index (χ1n) is 5.43. The van der Waals surface area contributed by atoms with Crippen LogP contribution in [0.25, 0.3) is 0 Å². The molecule has 0 aromatic rings. The van der Waals surface area contributed by atoms with E-state index in [-0.39, 0.29) is 10.8 Å². The van der Waals surface area contributed by atoms with E-state index in [2.05, 4.69) is 46.7 Å². The molecule has 0 saturated heterocycles. The molecule has 86 valence electrons. The van der Waals surface area contributed by atoms with Gasteiger partial charge in [-0.05, 0) is 25.9 Å². The van der Waals surface area contributed by atoms with E-state index in [4.69, 9.17) is 4.74 Å². The molecule has 0 rings (SSSR count). The van der Waals surface area contributed by atoms with Crippen LogP contribution in [0.2, 0.25) is 0 Å². The summed E-state index contributed by atoms with van der Waals surface area (Å²) in [5, 5.41) is 0. The summed E-state index contributed by atoms with van der Waals surface area (Å²) in [7, 11) is 6.06. The first-order chi connectivity index (χ1) is 6.29. The van der Waals surface area contributed by atoms with Crippen LogP contribution < -0.4 is 0 Å². The highest BCUT2D eigenvalue weighted by Gasteiger charge is 2.40. The molecule has 0 radical (unpaired) electrons. The molecule has 0 bridgehead atoms. The van der Waals surface area contributed by atoms with Crippen molar-refractivity contribution in [1.29, 1.82) is 0 Å². The van der Waals surface area contributed by atoms with Gasteiger partial charge in [-0.1, -0.05) is 27.7 Å². The predicted molar refractivity (Wildman–Crippen MR) is 62.6 cm³/mol. The molecule has 0 aromatic heterocycles. The molecule has 0 heterocycles. The zero-order valence-corrected chi connectivity index (χ0v) is 11.0. The van der Waals surface area contributed by atoms with E-state index >= 15 is 0 Å². The van der Waals surface area contributed by atoms with Gasteiger partial charge in [0, 0.05) is 19.1 Å². The van der Waals surface area contributed by atoms with Crippen LogP contribution in [0.1, 0.15) is 34.1 Å². The smallest absolute Gasteiger partial charge is 0.0535 e. The van der Waals surface area contributed by atoms with E-state index in [0.717, 1.165) is 19.6 Å². The molecule has 0 aliphatic rings. The lowest BCUT2D eigenvalue weighted by molar-refractivity contribution is -0.0274. The van der Waals surface area contributed by atoms with Crippen molar-refractivity contribution in [1.82, 2.24) is 4.90 Å². The molecule has 0 N–H and O–H groups in total. The van der Waals surface area contributed by atoms with Gasteiger partial charge in [0.25, 0.3) is 0 Å². The van der Waals surface area contributed by atoms with Crippen LogP contribution in [-0.4, -0.2) is 39.3 Å². The molecule has 0 saturated carbocycles. The van der Waals surface area contributed by atoms with Gasteiger partial charge in [-0.3, -0.25) is 0 Å². The summed E-state index contributed by atoms with van der Waals surface area (Å²) in [4.78, 5) is 2.26. The molecular formula is C12H27NO. The lowest BCUT2D eigenvalue weighted by Crippen LogP contribution is -2.46. The minimum absolute atomic E-state index is 0.255. The fourth-order valence-electron chi connectivity index (χ4n) is 2.13. The Morgan fingerprint density at radius 3 is 1.86 bits per heavy atom. The standard InChI is InChI=1S/C12H27NO/c1-8-12(10-14-7,9-13(5)6)11(2,3)4/h8-10H2,1-7H3. The quantitative estimate of drug-likeness (QED) is 0.678. The third-order valence-electron chi connectivity index (χ3n) is 3.31. The molecule has 0 spiro atoms. The van der Waals surface area contributed by atoms with E-state index in [1.54, 1.807) is 7.11 Å². The average molecular weight is 201 g/mol. The molecule has 0 amide bonds. The summed E-state index contributed by atoms with van der Waals surface area (Å²) < 4.78 is 5.40. The van der Waals surface area contributed by atoms with Gasteiger partial charge in [-0.25, -0.2) is 0 Å². The molecule has 0 aromatic carbocycles. The zero-order chi connectivity index (χ0) is 11.4. The van der Waals surface area contributed by atoms with E-state index in [9.17, 15) is 0 Å². The summed E-state index contributed by atoms with van der Waals surface area (Å²) in [6.45, 7) is 11.1. The number of ether oxygens (including phenoxy) is 1. The van der Waals surface area contributed by atoms with E-state index < -0.39 is 0 Å². The van der Waals surface area contributed by atoms with Crippen molar-refractivity contribution in [3.05, 3.63) is 0 Å². The molecular weight excluding hydrogens is 174 g/mol. The van der Waals surface area contributed by atoms with Gasteiger partial charge in [0.2, 0.25) is 0 Å². The lowest BCUT2D eigenvalue weighted by Gasteiger charge is -2.45. The Morgan fingerprint density at radius 2 is 1.64 bits per heavy atom. The normalized spacial score (nSPS) is 17.1. The first kappa shape index (κ1) is 13.9. The van der Waals surface area contributed by atoms with Gasteiger partial charge < -0.3 is 9.64 Å². The fraction of sp³-hybridized carbons (Fsp3) is 1.00. The van der Waals surface area contributed by atoms with Gasteiger partial charge in [-0.15, -0.1) is 0 Å². The Kier molecular flexibility index (Phi) is 5.10. The molecule has 1 atom stereocenters. The highest BCUT2D eigenvalue weighted by Crippen LogP contribution is 2.42. The minimum atomic E-state index is 0.255. The third kappa shape index (κ3) is 3.25. The van der Waals surface area contributed by atoms with Gasteiger partial charge in [0.15, 0.2) is 0 Å². The Hall–Kier alpha value is -0.0800. The highest BCUT2D eigenvalue weighted by molar-refractivity contribution is 4.91. The maximum absolute atomic E-state index is 5.40. The van der Waals surface area contributed by atoms with Crippen molar-refractivity contribution in [3.8, 4) is 0 Å². The zero-order valence-electron chi connectivity index (χ0n) is 11.0. The van der Waals surface area contributed by atoms with Crippen LogP contribution in [0.4, 0.5) is 0 Å². The number of nitrogens with zero attached hydrogens (tertiary/aromatic N) is 1. The van der Waals surface area contributed by atoms with Crippen molar-refractivity contribution in [2.45, 2.75) is 34.1 Å². The molecule has 2 nitrogen and oxygen atoms in total. The van der Waals surface area contributed by atoms with Crippen LogP contribution in [0.15, 0.2) is 0 Å². The second kappa shape index (κ2) is 5.13. The Labute approximate surface area is 89.6 Å². The largest absolute Gasteiger partial charge is 0.384 e. The molecule has 14 heavy (non-hydrogen) atoms. The number of methoxy groups -OCH3 is 1. The van der Waals surface area contributed by atoms with Crippen molar-refractivity contribution in [2.24, 2.45) is 10.8 Å². The van der Waals surface area contributed by atoms with Gasteiger partial charge >= 0.3 is 0 Å². The molecule has 0 aliphatic heterocycles. The third-order valence-corrected chi connectivity index (χ3v) is 3.31. The Bertz CT molecular complexity index is 160. The maximum atomic E-state index is 5.40. The molecule has 0 aliphatic carbocycles. The average Bonchev–Trinajstić information content (AvgIpc) is 2.00. The SMILES string of the molecule is CCC(COC)(CN(C)C)C(C)(C)C. The molecule has 1 unspecified atom stereocenters. The van der Waals surface area contributed by atoms with Gasteiger partial charge in [-0.2, -0.15) is 0 Å². The lowest BCUT2D eigenvalue weighted by atomic mass is 9.65. The topological polar surface area (TPSA) is 12.5 Å². The summed E-state index contributed by atoms with van der Waals surface area (Å²) >= 11 is 0. The van der Waals surface area contributed by atoms with E-state index in [0.29, 0.717) is 0 Å². The minimum Gasteiger partial charge on any atom is -0.384 e. The van der Waals surface area contributed by atoms with Gasteiger partial charge in [0.1, 0.15) is 0 Å². The molecule has 2 heteroatoms. The fourth-order valence-corrected chi connectivity index (χ4v) is 2.13. The predicted octanol–water partition coefficient (Wildman–Crippen LogP) is 2.64.